The summed E-state index contributed by atoms with van der Waals surface area (Å²) in [4.78, 5) is 11.4. The van der Waals surface area contributed by atoms with Gasteiger partial charge in [-0.3, -0.25) is 4.79 Å². The van der Waals surface area contributed by atoms with E-state index in [0.717, 1.165) is 36.8 Å². The molecule has 1 aromatic carbocycles. The zero-order valence-corrected chi connectivity index (χ0v) is 13.8. The van der Waals surface area contributed by atoms with Gasteiger partial charge in [0.15, 0.2) is 0 Å². The van der Waals surface area contributed by atoms with Gasteiger partial charge in [-0.15, -0.1) is 0 Å². The predicted molar refractivity (Wildman–Crippen MR) is 82.0 cm³/mol. The van der Waals surface area contributed by atoms with Gasteiger partial charge in [0.1, 0.15) is 6.54 Å². The molecule has 2 N–H and O–H groups in total. The van der Waals surface area contributed by atoms with Crippen molar-refractivity contribution in [3.05, 3.63) is 29.3 Å². The normalized spacial score (nSPS) is 15.0. The summed E-state index contributed by atoms with van der Waals surface area (Å²) in [5.74, 6) is -0.861. The second-order valence-corrected chi connectivity index (χ2v) is 7.44. The molecule has 24 heavy (non-hydrogen) atoms. The second-order valence-electron chi connectivity index (χ2n) is 5.68. The fourth-order valence-corrected chi connectivity index (χ4v) is 3.63. The molecule has 0 heterocycles. The van der Waals surface area contributed by atoms with E-state index in [1.807, 2.05) is 0 Å². The number of nitrogens with one attached hydrogen (secondary N) is 2. The molecule has 0 aliphatic heterocycles. The molecule has 0 saturated carbocycles. The SMILES string of the molecule is O=C(CCNS(=O)(=O)c1ccc2c(c1)CCCC2)NCC(F)(F)F. The number of carbonyl (C=O) groups excluding carboxylic acids is 1. The van der Waals surface area contributed by atoms with Crippen LogP contribution in [0.3, 0.4) is 0 Å². The summed E-state index contributed by atoms with van der Waals surface area (Å²) < 4.78 is 62.5. The van der Waals surface area contributed by atoms with Crippen LogP contribution < -0.4 is 10.0 Å². The van der Waals surface area contributed by atoms with Gasteiger partial charge in [-0.1, -0.05) is 6.07 Å². The summed E-state index contributed by atoms with van der Waals surface area (Å²) in [6, 6.07) is 4.93. The molecule has 2 rings (SSSR count). The topological polar surface area (TPSA) is 75.3 Å². The Kier molecular flexibility index (Phi) is 5.87. The van der Waals surface area contributed by atoms with Crippen molar-refractivity contribution < 1.29 is 26.4 Å². The second kappa shape index (κ2) is 7.52. The van der Waals surface area contributed by atoms with E-state index < -0.39 is 28.7 Å². The van der Waals surface area contributed by atoms with Gasteiger partial charge in [0, 0.05) is 13.0 Å². The van der Waals surface area contributed by atoms with Gasteiger partial charge in [-0.25, -0.2) is 13.1 Å². The first kappa shape index (κ1) is 18.7. The number of sulfonamides is 1. The summed E-state index contributed by atoms with van der Waals surface area (Å²) in [5.41, 5.74) is 2.15. The zero-order valence-electron chi connectivity index (χ0n) is 12.9. The van der Waals surface area contributed by atoms with Gasteiger partial charge in [0.2, 0.25) is 15.9 Å². The fraction of sp³-hybridized carbons (Fsp3) is 0.533. The summed E-state index contributed by atoms with van der Waals surface area (Å²) >= 11 is 0. The van der Waals surface area contributed by atoms with Crippen molar-refractivity contribution in [2.45, 2.75) is 43.2 Å². The summed E-state index contributed by atoms with van der Waals surface area (Å²) in [5, 5.41) is 1.69. The highest BCUT2D eigenvalue weighted by atomic mass is 32.2. The highest BCUT2D eigenvalue weighted by Crippen LogP contribution is 2.24. The zero-order chi connectivity index (χ0) is 17.8. The van der Waals surface area contributed by atoms with Gasteiger partial charge in [0.05, 0.1) is 4.90 Å². The van der Waals surface area contributed by atoms with Crippen LogP contribution in [-0.4, -0.2) is 33.6 Å². The minimum Gasteiger partial charge on any atom is -0.347 e. The van der Waals surface area contributed by atoms with E-state index in [4.69, 9.17) is 0 Å². The average molecular weight is 364 g/mol. The fourth-order valence-electron chi connectivity index (χ4n) is 2.55. The Hall–Kier alpha value is -1.61. The van der Waals surface area contributed by atoms with Crippen molar-refractivity contribution in [3.63, 3.8) is 0 Å². The number of carbonyl (C=O) groups is 1. The summed E-state index contributed by atoms with van der Waals surface area (Å²) in [7, 11) is -3.78. The Balaban J connectivity index is 1.89. The number of rotatable bonds is 6. The van der Waals surface area contributed by atoms with Crippen molar-refractivity contribution in [3.8, 4) is 0 Å². The number of fused-ring (bicyclic) bond motifs is 1. The molecule has 134 valence electrons. The lowest BCUT2D eigenvalue weighted by molar-refractivity contribution is -0.138. The largest absolute Gasteiger partial charge is 0.405 e. The molecule has 0 aromatic heterocycles. The van der Waals surface area contributed by atoms with Crippen LogP contribution in [0, 0.1) is 0 Å². The van der Waals surface area contributed by atoms with E-state index >= 15 is 0 Å². The molecule has 9 heteroatoms. The van der Waals surface area contributed by atoms with Crippen molar-refractivity contribution >= 4 is 15.9 Å². The predicted octanol–water partition coefficient (Wildman–Crippen LogP) is 1.91. The summed E-state index contributed by atoms with van der Waals surface area (Å²) in [6.07, 6.45) is -0.979. The van der Waals surface area contributed by atoms with Gasteiger partial charge < -0.3 is 5.32 Å². The van der Waals surface area contributed by atoms with Crippen LogP contribution in [0.2, 0.25) is 0 Å². The molecular formula is C15H19F3N2O3S. The first-order valence-electron chi connectivity index (χ1n) is 7.62. The molecule has 0 saturated heterocycles. The van der Waals surface area contributed by atoms with Crippen LogP contribution in [0.1, 0.15) is 30.4 Å². The molecule has 0 unspecified atom stereocenters. The third-order valence-electron chi connectivity index (χ3n) is 3.76. The lowest BCUT2D eigenvalue weighted by atomic mass is 9.92. The highest BCUT2D eigenvalue weighted by molar-refractivity contribution is 7.89. The van der Waals surface area contributed by atoms with Crippen LogP contribution in [0.5, 0.6) is 0 Å². The maximum atomic E-state index is 12.2. The highest BCUT2D eigenvalue weighted by Gasteiger charge is 2.27. The van der Waals surface area contributed by atoms with Gasteiger partial charge in [-0.2, -0.15) is 13.2 Å². The third-order valence-corrected chi connectivity index (χ3v) is 5.22. The van der Waals surface area contributed by atoms with Crippen LogP contribution in [0.4, 0.5) is 13.2 Å². The molecular weight excluding hydrogens is 345 g/mol. The minimum absolute atomic E-state index is 0.110. The monoisotopic (exact) mass is 364 g/mol. The molecule has 0 atom stereocenters. The molecule has 0 spiro atoms. The molecule has 0 bridgehead atoms. The maximum Gasteiger partial charge on any atom is 0.405 e. The smallest absolute Gasteiger partial charge is 0.347 e. The first-order chi connectivity index (χ1) is 11.2. The molecule has 0 fully saturated rings. The Labute approximate surface area is 138 Å². The maximum absolute atomic E-state index is 12.2. The number of halogens is 3. The van der Waals surface area contributed by atoms with Crippen molar-refractivity contribution in [2.75, 3.05) is 13.1 Å². The number of aryl methyl sites for hydroxylation is 2. The molecule has 1 amide bonds. The van der Waals surface area contributed by atoms with E-state index in [9.17, 15) is 26.4 Å². The van der Waals surface area contributed by atoms with E-state index in [-0.39, 0.29) is 17.9 Å². The Morgan fingerprint density at radius 3 is 2.46 bits per heavy atom. The lowest BCUT2D eigenvalue weighted by Gasteiger charge is -2.16. The van der Waals surface area contributed by atoms with Gasteiger partial charge >= 0.3 is 6.18 Å². The van der Waals surface area contributed by atoms with E-state index in [1.165, 1.54) is 6.07 Å². The summed E-state index contributed by atoms with van der Waals surface area (Å²) in [6.45, 7) is -1.69. The minimum atomic E-state index is -4.49. The Morgan fingerprint density at radius 2 is 1.79 bits per heavy atom. The van der Waals surface area contributed by atoms with Crippen LogP contribution in [0.15, 0.2) is 23.1 Å². The van der Waals surface area contributed by atoms with Crippen LogP contribution >= 0.6 is 0 Å². The molecule has 5 nitrogen and oxygen atoms in total. The van der Waals surface area contributed by atoms with Crippen molar-refractivity contribution in [1.29, 1.82) is 0 Å². The number of hydrogen-bond donors (Lipinski definition) is 2. The molecule has 1 aliphatic rings. The van der Waals surface area contributed by atoms with Crippen LogP contribution in [0.25, 0.3) is 0 Å². The average Bonchev–Trinajstić information content (AvgIpc) is 2.51. The molecule has 0 radical (unpaired) electrons. The number of benzene rings is 1. The van der Waals surface area contributed by atoms with Gasteiger partial charge in [0.25, 0.3) is 0 Å². The molecule has 1 aromatic rings. The van der Waals surface area contributed by atoms with E-state index in [1.54, 1.807) is 17.4 Å². The Morgan fingerprint density at radius 1 is 1.12 bits per heavy atom. The standard InChI is InChI=1S/C15H19F3N2O3S/c16-15(17,18)10-19-14(21)7-8-20-24(22,23)13-6-5-11-3-1-2-4-12(11)9-13/h5-6,9,20H,1-4,7-8,10H2,(H,19,21). The van der Waals surface area contributed by atoms with Crippen molar-refractivity contribution in [1.82, 2.24) is 10.0 Å². The number of amides is 1. The molecule has 1 aliphatic carbocycles. The van der Waals surface area contributed by atoms with Crippen LogP contribution in [-0.2, 0) is 27.7 Å². The van der Waals surface area contributed by atoms with Crippen molar-refractivity contribution in [2.24, 2.45) is 0 Å². The number of hydrogen-bond acceptors (Lipinski definition) is 3. The van der Waals surface area contributed by atoms with Gasteiger partial charge in [-0.05, 0) is 48.9 Å². The quantitative estimate of drug-likeness (QED) is 0.810. The van der Waals surface area contributed by atoms with E-state index in [0.29, 0.717) is 0 Å². The Bertz CT molecular complexity index is 702. The third kappa shape index (κ3) is 5.48. The van der Waals surface area contributed by atoms with E-state index in [2.05, 4.69) is 4.72 Å². The number of alkyl halides is 3. The first-order valence-corrected chi connectivity index (χ1v) is 9.11. The lowest BCUT2D eigenvalue weighted by Crippen LogP contribution is -2.36.